The average molecular weight is 388 g/mol. The highest BCUT2D eigenvalue weighted by Crippen LogP contribution is 2.32. The van der Waals surface area contributed by atoms with Crippen molar-refractivity contribution in [3.8, 4) is 22.4 Å². The third kappa shape index (κ3) is 4.04. The molecule has 0 saturated carbocycles. The van der Waals surface area contributed by atoms with E-state index < -0.39 is 28.4 Å². The summed E-state index contributed by atoms with van der Waals surface area (Å²) in [6, 6.07) is 10.3. The summed E-state index contributed by atoms with van der Waals surface area (Å²) in [6.45, 7) is 1.15. The molecule has 0 bridgehead atoms. The lowest BCUT2D eigenvalue weighted by atomic mass is 10.0. The number of aryl methyl sites for hydroxylation is 1. The molecule has 0 amide bonds. The SMILES string of the molecule is Cc1ccc(-c2cn(CC(=O)[O-])nc2-c2ccc(S(N)(=O)=O)cc2)cc1F. The predicted octanol–water partition coefficient (Wildman–Crippen LogP) is 1.06. The molecule has 0 aliphatic carbocycles. The number of carboxylic acid groups (broad SMARTS) is 1. The van der Waals surface area contributed by atoms with Crippen LogP contribution in [0.15, 0.2) is 53.6 Å². The van der Waals surface area contributed by atoms with Crippen molar-refractivity contribution < 1.29 is 22.7 Å². The zero-order valence-corrected chi connectivity index (χ0v) is 15.0. The summed E-state index contributed by atoms with van der Waals surface area (Å²) in [7, 11) is -3.85. The third-order valence-electron chi connectivity index (χ3n) is 3.99. The second-order valence-corrected chi connectivity index (χ2v) is 7.56. The smallest absolute Gasteiger partial charge is 0.238 e. The van der Waals surface area contributed by atoms with Crippen LogP contribution in [0.25, 0.3) is 22.4 Å². The van der Waals surface area contributed by atoms with Crippen molar-refractivity contribution in [1.29, 1.82) is 0 Å². The number of aliphatic carboxylic acids is 1. The lowest BCUT2D eigenvalue weighted by molar-refractivity contribution is -0.306. The fourth-order valence-electron chi connectivity index (χ4n) is 2.62. The third-order valence-corrected chi connectivity index (χ3v) is 4.92. The Labute approximate surface area is 154 Å². The van der Waals surface area contributed by atoms with E-state index >= 15 is 0 Å². The number of benzene rings is 2. The van der Waals surface area contributed by atoms with Gasteiger partial charge >= 0.3 is 0 Å². The quantitative estimate of drug-likeness (QED) is 0.701. The minimum atomic E-state index is -3.85. The Morgan fingerprint density at radius 2 is 1.81 bits per heavy atom. The van der Waals surface area contributed by atoms with Crippen LogP contribution in [0, 0.1) is 12.7 Å². The van der Waals surface area contributed by atoms with Gasteiger partial charge in [0, 0.05) is 17.3 Å². The van der Waals surface area contributed by atoms with Crippen molar-refractivity contribution in [1.82, 2.24) is 9.78 Å². The summed E-state index contributed by atoms with van der Waals surface area (Å²) in [6.07, 6.45) is 1.48. The number of sulfonamides is 1. The summed E-state index contributed by atoms with van der Waals surface area (Å²) in [5.41, 5.74) is 2.38. The minimum absolute atomic E-state index is 0.0663. The molecule has 140 valence electrons. The van der Waals surface area contributed by atoms with Crippen LogP contribution in [-0.2, 0) is 21.4 Å². The van der Waals surface area contributed by atoms with E-state index in [1.54, 1.807) is 19.1 Å². The molecule has 1 aromatic heterocycles. The van der Waals surface area contributed by atoms with E-state index in [1.807, 2.05) is 0 Å². The number of carboxylic acids is 1. The highest BCUT2D eigenvalue weighted by Gasteiger charge is 2.16. The van der Waals surface area contributed by atoms with Gasteiger partial charge < -0.3 is 9.90 Å². The van der Waals surface area contributed by atoms with Gasteiger partial charge in [-0.1, -0.05) is 24.3 Å². The predicted molar refractivity (Wildman–Crippen MR) is 94.2 cm³/mol. The Balaban J connectivity index is 2.14. The maximum absolute atomic E-state index is 14.0. The van der Waals surface area contributed by atoms with Gasteiger partial charge in [0.25, 0.3) is 0 Å². The molecule has 0 spiro atoms. The van der Waals surface area contributed by atoms with Crippen LogP contribution in [0.4, 0.5) is 4.39 Å². The Kier molecular flexibility index (Phi) is 4.81. The molecule has 3 rings (SSSR count). The number of nitrogens with two attached hydrogens (primary N) is 1. The Morgan fingerprint density at radius 3 is 2.37 bits per heavy atom. The number of hydrogen-bond acceptors (Lipinski definition) is 5. The normalized spacial score (nSPS) is 11.5. The second-order valence-electron chi connectivity index (χ2n) is 5.99. The number of nitrogens with zero attached hydrogens (tertiary/aromatic N) is 2. The second kappa shape index (κ2) is 6.93. The van der Waals surface area contributed by atoms with Crippen LogP contribution in [-0.4, -0.2) is 24.2 Å². The summed E-state index contributed by atoms with van der Waals surface area (Å²) in [5.74, 6) is -1.73. The van der Waals surface area contributed by atoms with Crippen LogP contribution in [0.2, 0.25) is 0 Å². The van der Waals surface area contributed by atoms with Gasteiger partial charge in [0.2, 0.25) is 10.0 Å². The van der Waals surface area contributed by atoms with Gasteiger partial charge in [0.15, 0.2) is 0 Å². The molecule has 0 atom stereocenters. The molecule has 0 radical (unpaired) electrons. The fraction of sp³-hybridized carbons (Fsp3) is 0.111. The van der Waals surface area contributed by atoms with Crippen molar-refractivity contribution in [2.45, 2.75) is 18.4 Å². The fourth-order valence-corrected chi connectivity index (χ4v) is 3.14. The first kappa shape index (κ1) is 18.7. The number of primary sulfonamides is 1. The minimum Gasteiger partial charge on any atom is -0.548 e. The highest BCUT2D eigenvalue weighted by molar-refractivity contribution is 7.89. The topological polar surface area (TPSA) is 118 Å². The molecule has 0 fully saturated rings. The first-order chi connectivity index (χ1) is 12.6. The van der Waals surface area contributed by atoms with E-state index in [1.165, 1.54) is 41.2 Å². The zero-order chi connectivity index (χ0) is 19.8. The largest absolute Gasteiger partial charge is 0.548 e. The van der Waals surface area contributed by atoms with Crippen LogP contribution >= 0.6 is 0 Å². The van der Waals surface area contributed by atoms with Gasteiger partial charge in [0.1, 0.15) is 11.5 Å². The number of carbonyl (C=O) groups excluding carboxylic acids is 1. The summed E-state index contributed by atoms with van der Waals surface area (Å²) < 4.78 is 38.0. The Hall–Kier alpha value is -3.04. The zero-order valence-electron chi connectivity index (χ0n) is 14.2. The Morgan fingerprint density at radius 1 is 1.19 bits per heavy atom. The van der Waals surface area contributed by atoms with Crippen molar-refractivity contribution in [2.24, 2.45) is 5.14 Å². The lowest BCUT2D eigenvalue weighted by Crippen LogP contribution is -2.27. The Bertz CT molecular complexity index is 1120. The van der Waals surface area contributed by atoms with Gasteiger partial charge in [-0.3, -0.25) is 4.68 Å². The molecule has 9 heteroatoms. The molecule has 2 N–H and O–H groups in total. The van der Waals surface area contributed by atoms with Gasteiger partial charge in [-0.05, 0) is 36.2 Å². The number of rotatable bonds is 5. The molecular weight excluding hydrogens is 373 g/mol. The van der Waals surface area contributed by atoms with E-state index in [-0.39, 0.29) is 4.90 Å². The first-order valence-electron chi connectivity index (χ1n) is 7.82. The number of halogens is 1. The lowest BCUT2D eigenvalue weighted by Gasteiger charge is -2.05. The monoisotopic (exact) mass is 388 g/mol. The average Bonchev–Trinajstić information content (AvgIpc) is 2.99. The van der Waals surface area contributed by atoms with E-state index in [0.29, 0.717) is 27.9 Å². The van der Waals surface area contributed by atoms with E-state index in [0.717, 1.165) is 0 Å². The molecule has 0 unspecified atom stereocenters. The summed E-state index contributed by atoms with van der Waals surface area (Å²) in [4.78, 5) is 10.8. The maximum Gasteiger partial charge on any atom is 0.238 e. The van der Waals surface area contributed by atoms with E-state index in [9.17, 15) is 22.7 Å². The van der Waals surface area contributed by atoms with E-state index in [2.05, 4.69) is 5.10 Å². The van der Waals surface area contributed by atoms with Crippen LogP contribution in [0.1, 0.15) is 5.56 Å². The molecule has 27 heavy (non-hydrogen) atoms. The van der Waals surface area contributed by atoms with Gasteiger partial charge in [-0.2, -0.15) is 5.10 Å². The number of carbonyl (C=O) groups is 1. The molecule has 0 aliphatic heterocycles. The van der Waals surface area contributed by atoms with E-state index in [4.69, 9.17) is 5.14 Å². The number of hydrogen-bond donors (Lipinski definition) is 1. The molecule has 0 saturated heterocycles. The van der Waals surface area contributed by atoms with Crippen LogP contribution in [0.5, 0.6) is 0 Å². The van der Waals surface area contributed by atoms with Gasteiger partial charge in [-0.15, -0.1) is 0 Å². The van der Waals surface area contributed by atoms with Crippen molar-refractivity contribution >= 4 is 16.0 Å². The van der Waals surface area contributed by atoms with Gasteiger partial charge in [0.05, 0.1) is 17.4 Å². The molecule has 0 aliphatic rings. The van der Waals surface area contributed by atoms with Crippen LogP contribution in [0.3, 0.4) is 0 Å². The highest BCUT2D eigenvalue weighted by atomic mass is 32.2. The molecule has 2 aromatic carbocycles. The van der Waals surface area contributed by atoms with Crippen molar-refractivity contribution in [3.63, 3.8) is 0 Å². The van der Waals surface area contributed by atoms with Crippen LogP contribution < -0.4 is 10.2 Å². The standard InChI is InChI=1S/C18H16FN3O4S/c1-11-2-3-13(8-16(11)19)15-9-22(10-17(23)24)21-18(15)12-4-6-14(7-5-12)27(20,25)26/h2-9H,10H2,1H3,(H,23,24)(H2,20,25,26)/p-1. The maximum atomic E-state index is 14.0. The summed E-state index contributed by atoms with van der Waals surface area (Å²) >= 11 is 0. The molecule has 1 heterocycles. The molecule has 3 aromatic rings. The summed E-state index contributed by atoms with van der Waals surface area (Å²) in [5, 5.41) is 20.2. The first-order valence-corrected chi connectivity index (χ1v) is 9.37. The van der Waals surface area contributed by atoms with Gasteiger partial charge in [-0.25, -0.2) is 17.9 Å². The molecule has 7 nitrogen and oxygen atoms in total. The number of aromatic nitrogens is 2. The van der Waals surface area contributed by atoms with Crippen molar-refractivity contribution in [2.75, 3.05) is 0 Å². The molecular formula is C18H15FN3O4S-. The van der Waals surface area contributed by atoms with Crippen molar-refractivity contribution in [3.05, 3.63) is 60.0 Å².